The van der Waals surface area contributed by atoms with Crippen LogP contribution >= 0.6 is 27.7 Å². The number of urea groups is 1. The Morgan fingerprint density at radius 3 is 2.53 bits per heavy atom. The van der Waals surface area contributed by atoms with Gasteiger partial charge in [-0.05, 0) is 24.3 Å². The van der Waals surface area contributed by atoms with Gasteiger partial charge in [-0.1, -0.05) is 15.9 Å². The maximum atomic E-state index is 11.3. The molecule has 0 aliphatic carbocycles. The van der Waals surface area contributed by atoms with E-state index in [1.165, 1.54) is 7.05 Å². The topological polar surface area (TPSA) is 58.2 Å². The van der Waals surface area contributed by atoms with E-state index < -0.39 is 6.03 Å². The third kappa shape index (κ3) is 5.74. The first-order valence-electron chi connectivity index (χ1n) is 5.01. The van der Waals surface area contributed by atoms with Crippen molar-refractivity contribution in [3.63, 3.8) is 0 Å². The molecule has 0 atom stereocenters. The van der Waals surface area contributed by atoms with Crippen molar-refractivity contribution in [1.82, 2.24) is 10.6 Å². The van der Waals surface area contributed by atoms with Crippen LogP contribution in [0.3, 0.4) is 0 Å². The van der Waals surface area contributed by atoms with Crippen LogP contribution in [-0.2, 0) is 4.79 Å². The van der Waals surface area contributed by atoms with Crippen LogP contribution in [0.15, 0.2) is 33.6 Å². The summed E-state index contributed by atoms with van der Waals surface area (Å²) in [4.78, 5) is 23.2. The minimum atomic E-state index is -0.469. The number of thioether (sulfide) groups is 1. The van der Waals surface area contributed by atoms with E-state index >= 15 is 0 Å². The molecule has 0 aromatic heterocycles. The maximum absolute atomic E-state index is 11.3. The fraction of sp³-hybridized carbons (Fsp3) is 0.273. The van der Waals surface area contributed by atoms with Gasteiger partial charge in [-0.15, -0.1) is 11.8 Å². The summed E-state index contributed by atoms with van der Waals surface area (Å²) < 4.78 is 1.03. The summed E-state index contributed by atoms with van der Waals surface area (Å²) >= 11 is 4.93. The van der Waals surface area contributed by atoms with Crippen LogP contribution in [0.2, 0.25) is 0 Å². The summed E-state index contributed by atoms with van der Waals surface area (Å²) in [6, 6.07) is 7.39. The number of halogens is 1. The maximum Gasteiger partial charge on any atom is 0.321 e. The zero-order valence-corrected chi connectivity index (χ0v) is 11.7. The van der Waals surface area contributed by atoms with E-state index in [9.17, 15) is 9.59 Å². The number of hydrogen-bond donors (Lipinski definition) is 2. The Labute approximate surface area is 113 Å². The van der Waals surface area contributed by atoms with E-state index in [1.54, 1.807) is 11.8 Å². The van der Waals surface area contributed by atoms with Gasteiger partial charge in [0.05, 0.1) is 0 Å². The number of imide groups is 1. The third-order valence-electron chi connectivity index (χ3n) is 1.89. The lowest BCUT2D eigenvalue weighted by atomic mass is 10.4. The first kappa shape index (κ1) is 14.1. The van der Waals surface area contributed by atoms with Gasteiger partial charge in [-0.25, -0.2) is 4.79 Å². The number of nitrogens with one attached hydrogen (secondary N) is 2. The Kier molecular flexibility index (Phi) is 6.07. The summed E-state index contributed by atoms with van der Waals surface area (Å²) in [6.45, 7) is 0. The summed E-state index contributed by atoms with van der Waals surface area (Å²) in [6.07, 6.45) is 0.314. The molecule has 1 rings (SSSR count). The van der Waals surface area contributed by atoms with Crippen molar-refractivity contribution < 1.29 is 9.59 Å². The molecule has 6 heteroatoms. The highest BCUT2D eigenvalue weighted by Crippen LogP contribution is 2.20. The number of benzene rings is 1. The lowest BCUT2D eigenvalue weighted by Gasteiger charge is -2.03. The second kappa shape index (κ2) is 7.34. The van der Waals surface area contributed by atoms with Crippen molar-refractivity contribution >= 4 is 39.6 Å². The quantitative estimate of drug-likeness (QED) is 0.838. The van der Waals surface area contributed by atoms with E-state index in [0.717, 1.165) is 9.37 Å². The largest absolute Gasteiger partial charge is 0.341 e. The van der Waals surface area contributed by atoms with Crippen molar-refractivity contribution in [2.24, 2.45) is 0 Å². The molecule has 1 aromatic rings. The van der Waals surface area contributed by atoms with Crippen LogP contribution in [0.25, 0.3) is 0 Å². The molecule has 0 unspecified atom stereocenters. The van der Waals surface area contributed by atoms with E-state index in [4.69, 9.17) is 0 Å². The molecule has 92 valence electrons. The van der Waals surface area contributed by atoms with Gasteiger partial charge in [-0.3, -0.25) is 10.1 Å². The first-order valence-corrected chi connectivity index (χ1v) is 6.79. The number of carbonyl (C=O) groups is 2. The summed E-state index contributed by atoms with van der Waals surface area (Å²) in [5.41, 5.74) is 0. The Bertz CT molecular complexity index is 395. The number of hydrogen-bond acceptors (Lipinski definition) is 3. The van der Waals surface area contributed by atoms with E-state index in [1.807, 2.05) is 24.3 Å². The minimum absolute atomic E-state index is 0.269. The molecule has 0 aliphatic heterocycles. The molecule has 17 heavy (non-hydrogen) atoms. The van der Waals surface area contributed by atoms with Crippen LogP contribution < -0.4 is 10.6 Å². The fourth-order valence-corrected chi connectivity index (χ4v) is 2.16. The molecule has 0 fully saturated rings. The molecule has 2 N–H and O–H groups in total. The van der Waals surface area contributed by atoms with Gasteiger partial charge in [0.2, 0.25) is 5.91 Å². The number of carbonyl (C=O) groups excluding carboxylic acids is 2. The number of amides is 3. The SMILES string of the molecule is CNC(=O)NC(=O)CCSc1ccc(Br)cc1. The zero-order chi connectivity index (χ0) is 12.7. The molecule has 4 nitrogen and oxygen atoms in total. The summed E-state index contributed by atoms with van der Waals surface area (Å²) in [7, 11) is 1.47. The molecule has 0 spiro atoms. The lowest BCUT2D eigenvalue weighted by molar-refractivity contribution is -0.119. The third-order valence-corrected chi connectivity index (χ3v) is 3.43. The molecule has 3 amide bonds. The lowest BCUT2D eigenvalue weighted by Crippen LogP contribution is -2.37. The second-order valence-electron chi connectivity index (χ2n) is 3.18. The molecule has 0 bridgehead atoms. The molecular weight excluding hydrogens is 304 g/mol. The Balaban J connectivity index is 2.26. The summed E-state index contributed by atoms with van der Waals surface area (Å²) in [5.74, 6) is 0.374. The van der Waals surface area contributed by atoms with Gasteiger partial charge in [-0.2, -0.15) is 0 Å². The molecule has 0 saturated heterocycles. The van der Waals surface area contributed by atoms with Gasteiger partial charge in [0.25, 0.3) is 0 Å². The van der Waals surface area contributed by atoms with Gasteiger partial charge < -0.3 is 5.32 Å². The van der Waals surface area contributed by atoms with Gasteiger partial charge in [0.15, 0.2) is 0 Å². The molecular formula is C11H13BrN2O2S. The molecule has 0 heterocycles. The van der Waals surface area contributed by atoms with Crippen LogP contribution in [-0.4, -0.2) is 24.7 Å². The van der Waals surface area contributed by atoms with Crippen LogP contribution in [0.1, 0.15) is 6.42 Å². The Morgan fingerprint density at radius 1 is 1.29 bits per heavy atom. The first-order chi connectivity index (χ1) is 8.11. The van der Waals surface area contributed by atoms with Gasteiger partial charge in [0, 0.05) is 28.6 Å². The highest BCUT2D eigenvalue weighted by molar-refractivity contribution is 9.10. The normalized spacial score (nSPS) is 9.76. The average Bonchev–Trinajstić information content (AvgIpc) is 2.31. The van der Waals surface area contributed by atoms with Gasteiger partial charge >= 0.3 is 6.03 Å². The monoisotopic (exact) mass is 316 g/mol. The minimum Gasteiger partial charge on any atom is -0.341 e. The van der Waals surface area contributed by atoms with Crippen molar-refractivity contribution in [3.8, 4) is 0 Å². The van der Waals surface area contributed by atoms with E-state index in [2.05, 4.69) is 26.6 Å². The Hall–Kier alpha value is -1.01. The van der Waals surface area contributed by atoms with E-state index in [0.29, 0.717) is 12.2 Å². The predicted octanol–water partition coefficient (Wildman–Crippen LogP) is 2.39. The van der Waals surface area contributed by atoms with Crippen LogP contribution in [0.4, 0.5) is 4.79 Å². The van der Waals surface area contributed by atoms with Crippen molar-refractivity contribution in [2.45, 2.75) is 11.3 Å². The molecule has 0 radical (unpaired) electrons. The molecule has 0 saturated carbocycles. The van der Waals surface area contributed by atoms with Gasteiger partial charge in [0.1, 0.15) is 0 Å². The highest BCUT2D eigenvalue weighted by Gasteiger charge is 2.05. The predicted molar refractivity (Wildman–Crippen MR) is 72.1 cm³/mol. The molecule has 0 aliphatic rings. The van der Waals surface area contributed by atoms with Crippen molar-refractivity contribution in [2.75, 3.05) is 12.8 Å². The van der Waals surface area contributed by atoms with Crippen molar-refractivity contribution in [3.05, 3.63) is 28.7 Å². The fourth-order valence-electron chi connectivity index (χ4n) is 1.04. The van der Waals surface area contributed by atoms with Crippen LogP contribution in [0, 0.1) is 0 Å². The standard InChI is InChI=1S/C11H13BrN2O2S/c1-13-11(16)14-10(15)6-7-17-9-4-2-8(12)3-5-9/h2-5H,6-7H2,1H3,(H2,13,14,15,16). The van der Waals surface area contributed by atoms with Crippen LogP contribution in [0.5, 0.6) is 0 Å². The smallest absolute Gasteiger partial charge is 0.321 e. The second-order valence-corrected chi connectivity index (χ2v) is 5.26. The Morgan fingerprint density at radius 2 is 1.94 bits per heavy atom. The highest BCUT2D eigenvalue weighted by atomic mass is 79.9. The molecule has 1 aromatic carbocycles. The van der Waals surface area contributed by atoms with E-state index in [-0.39, 0.29) is 5.91 Å². The summed E-state index contributed by atoms with van der Waals surface area (Å²) in [5, 5.41) is 4.54. The van der Waals surface area contributed by atoms with Crippen molar-refractivity contribution in [1.29, 1.82) is 0 Å². The zero-order valence-electron chi connectivity index (χ0n) is 9.33. The average molecular weight is 317 g/mol. The number of rotatable bonds is 4.